The van der Waals surface area contributed by atoms with Crippen molar-refractivity contribution in [3.8, 4) is 6.01 Å². The second-order valence-electron chi connectivity index (χ2n) is 8.04. The van der Waals surface area contributed by atoms with E-state index in [1.165, 1.54) is 6.07 Å². The predicted molar refractivity (Wildman–Crippen MR) is 122 cm³/mol. The van der Waals surface area contributed by atoms with Gasteiger partial charge in [0.25, 0.3) is 5.56 Å². The van der Waals surface area contributed by atoms with E-state index in [0.717, 1.165) is 12.8 Å². The summed E-state index contributed by atoms with van der Waals surface area (Å²) in [5, 5.41) is 4.22. The Morgan fingerprint density at radius 1 is 1.12 bits per heavy atom. The van der Waals surface area contributed by atoms with Gasteiger partial charge in [0, 0.05) is 18.9 Å². The lowest BCUT2D eigenvalue weighted by Gasteiger charge is -2.27. The van der Waals surface area contributed by atoms with Crippen LogP contribution in [0.3, 0.4) is 0 Å². The molecular weight excluding hydrogens is 446 g/mol. The summed E-state index contributed by atoms with van der Waals surface area (Å²) in [4.78, 5) is 61.1. The first-order valence-corrected chi connectivity index (χ1v) is 11.5. The predicted octanol–water partition coefficient (Wildman–Crippen LogP) is 2.50. The maximum absolute atomic E-state index is 12.7. The van der Waals surface area contributed by atoms with Crippen molar-refractivity contribution in [2.75, 3.05) is 13.2 Å². The van der Waals surface area contributed by atoms with E-state index >= 15 is 0 Å². The zero-order valence-electron chi connectivity index (χ0n) is 19.5. The maximum Gasteiger partial charge on any atom is 0.337 e. The van der Waals surface area contributed by atoms with E-state index in [0.29, 0.717) is 17.7 Å². The van der Waals surface area contributed by atoms with Gasteiger partial charge < -0.3 is 18.7 Å². The van der Waals surface area contributed by atoms with Crippen molar-refractivity contribution in [3.63, 3.8) is 0 Å². The lowest BCUT2D eigenvalue weighted by Crippen LogP contribution is -2.34. The SMILES string of the molecule is CCCCc1cc(=O)oc2nc(ON=C3C[C@@H](C(=O)OCC)C[C@@H](C(=O)OCC)C3)[nH]c(=O)c12. The molecule has 1 saturated carbocycles. The number of unbranched alkanes of at least 4 members (excludes halogenated alkanes) is 1. The summed E-state index contributed by atoms with van der Waals surface area (Å²) in [5.41, 5.74) is -0.303. The highest BCUT2D eigenvalue weighted by molar-refractivity contribution is 5.93. The molecule has 1 aliphatic carbocycles. The Morgan fingerprint density at radius 3 is 2.35 bits per heavy atom. The second kappa shape index (κ2) is 11.6. The van der Waals surface area contributed by atoms with E-state index in [1.807, 2.05) is 6.92 Å². The number of rotatable bonds is 9. The molecule has 0 aliphatic heterocycles. The van der Waals surface area contributed by atoms with Gasteiger partial charge in [-0.1, -0.05) is 18.5 Å². The number of carbonyl (C=O) groups is 2. The van der Waals surface area contributed by atoms with Gasteiger partial charge in [-0.25, -0.2) is 4.79 Å². The van der Waals surface area contributed by atoms with E-state index in [9.17, 15) is 19.2 Å². The minimum atomic E-state index is -0.615. The first kappa shape index (κ1) is 25.1. The summed E-state index contributed by atoms with van der Waals surface area (Å²) in [6.07, 6.45) is 2.97. The summed E-state index contributed by atoms with van der Waals surface area (Å²) < 4.78 is 15.3. The molecule has 3 rings (SSSR count). The first-order chi connectivity index (χ1) is 16.4. The Labute approximate surface area is 195 Å². The van der Waals surface area contributed by atoms with Gasteiger partial charge in [-0.15, -0.1) is 0 Å². The third kappa shape index (κ3) is 6.09. The van der Waals surface area contributed by atoms with Crippen LogP contribution in [0.5, 0.6) is 6.01 Å². The minimum Gasteiger partial charge on any atom is -0.466 e. The molecule has 2 aromatic heterocycles. The molecule has 2 aromatic rings. The van der Waals surface area contributed by atoms with Gasteiger partial charge in [0.2, 0.25) is 5.71 Å². The van der Waals surface area contributed by atoms with Gasteiger partial charge in [-0.05, 0) is 38.7 Å². The van der Waals surface area contributed by atoms with Crippen LogP contribution in [-0.4, -0.2) is 40.8 Å². The number of nitrogens with one attached hydrogen (secondary N) is 1. The summed E-state index contributed by atoms with van der Waals surface area (Å²) in [6.45, 7) is 5.85. The van der Waals surface area contributed by atoms with Crippen molar-refractivity contribution >= 4 is 28.8 Å². The van der Waals surface area contributed by atoms with E-state index in [-0.39, 0.29) is 49.6 Å². The smallest absolute Gasteiger partial charge is 0.337 e. The van der Waals surface area contributed by atoms with E-state index in [4.69, 9.17) is 18.7 Å². The van der Waals surface area contributed by atoms with Crippen LogP contribution >= 0.6 is 0 Å². The van der Waals surface area contributed by atoms with Gasteiger partial charge in [0.1, 0.15) is 5.39 Å². The molecule has 0 radical (unpaired) electrons. The fraction of sp³-hybridized carbons (Fsp3) is 0.565. The van der Waals surface area contributed by atoms with Crippen LogP contribution in [0.2, 0.25) is 0 Å². The monoisotopic (exact) mass is 475 g/mol. The van der Waals surface area contributed by atoms with Crippen molar-refractivity contribution < 1.29 is 28.3 Å². The summed E-state index contributed by atoms with van der Waals surface area (Å²) in [7, 11) is 0. The van der Waals surface area contributed by atoms with Gasteiger partial charge >= 0.3 is 23.6 Å². The average molecular weight is 475 g/mol. The van der Waals surface area contributed by atoms with E-state index < -0.39 is 35.0 Å². The number of fused-ring (bicyclic) bond motifs is 1. The average Bonchev–Trinajstić information content (AvgIpc) is 2.80. The quantitative estimate of drug-likeness (QED) is 0.426. The minimum absolute atomic E-state index is 0.144. The van der Waals surface area contributed by atoms with Crippen molar-refractivity contribution in [1.29, 1.82) is 0 Å². The number of nitrogens with zero attached hydrogens (tertiary/aromatic N) is 2. The first-order valence-electron chi connectivity index (χ1n) is 11.5. The summed E-state index contributed by atoms with van der Waals surface area (Å²) in [6, 6.07) is 1.02. The molecule has 0 spiro atoms. The Morgan fingerprint density at radius 2 is 1.76 bits per heavy atom. The molecule has 1 N–H and O–H groups in total. The highest BCUT2D eigenvalue weighted by atomic mass is 16.6. The van der Waals surface area contributed by atoms with Gasteiger partial charge in [0.05, 0.1) is 30.8 Å². The number of hydrogen-bond acceptors (Lipinski definition) is 10. The number of H-pyrrole nitrogens is 1. The Balaban J connectivity index is 1.87. The molecule has 0 unspecified atom stereocenters. The van der Waals surface area contributed by atoms with Crippen molar-refractivity contribution in [2.24, 2.45) is 17.0 Å². The zero-order chi connectivity index (χ0) is 24.7. The van der Waals surface area contributed by atoms with Crippen LogP contribution in [0.15, 0.2) is 25.2 Å². The molecule has 184 valence electrons. The molecule has 1 aliphatic rings. The van der Waals surface area contributed by atoms with Gasteiger partial charge in [0.15, 0.2) is 0 Å². The molecule has 0 aromatic carbocycles. The van der Waals surface area contributed by atoms with Crippen LogP contribution in [-0.2, 0) is 25.5 Å². The molecule has 1 fully saturated rings. The van der Waals surface area contributed by atoms with E-state index in [2.05, 4.69) is 15.1 Å². The molecule has 34 heavy (non-hydrogen) atoms. The van der Waals surface area contributed by atoms with Crippen LogP contribution in [0.4, 0.5) is 0 Å². The summed E-state index contributed by atoms with van der Waals surface area (Å²) in [5.74, 6) is -2.01. The fourth-order valence-corrected chi connectivity index (χ4v) is 3.96. The number of carbonyl (C=O) groups excluding carboxylic acids is 2. The third-order valence-corrected chi connectivity index (χ3v) is 5.51. The molecule has 2 atom stereocenters. The van der Waals surface area contributed by atoms with Gasteiger partial charge in [-0.3, -0.25) is 19.4 Å². The molecule has 0 bridgehead atoms. The zero-order valence-corrected chi connectivity index (χ0v) is 19.5. The third-order valence-electron chi connectivity index (χ3n) is 5.51. The van der Waals surface area contributed by atoms with Crippen LogP contribution in [0.25, 0.3) is 11.1 Å². The number of hydrogen-bond donors (Lipinski definition) is 1. The van der Waals surface area contributed by atoms with Crippen LogP contribution in [0.1, 0.15) is 58.4 Å². The molecule has 0 amide bonds. The van der Waals surface area contributed by atoms with E-state index in [1.54, 1.807) is 13.8 Å². The van der Waals surface area contributed by atoms with Crippen molar-refractivity contribution in [1.82, 2.24) is 9.97 Å². The fourth-order valence-electron chi connectivity index (χ4n) is 3.96. The Bertz CT molecular complexity index is 1150. The summed E-state index contributed by atoms with van der Waals surface area (Å²) >= 11 is 0. The molecular formula is C23H29N3O8. The number of aromatic amines is 1. The molecule has 11 nitrogen and oxygen atoms in total. The molecule has 2 heterocycles. The normalized spacial score (nSPS) is 19.2. The number of esters is 2. The van der Waals surface area contributed by atoms with Crippen molar-refractivity contribution in [2.45, 2.75) is 59.3 Å². The molecule has 0 saturated heterocycles. The highest BCUT2D eigenvalue weighted by Crippen LogP contribution is 2.30. The number of aromatic nitrogens is 2. The highest BCUT2D eigenvalue weighted by Gasteiger charge is 2.36. The number of ether oxygens (including phenoxy) is 2. The van der Waals surface area contributed by atoms with Crippen LogP contribution in [0, 0.1) is 11.8 Å². The maximum atomic E-state index is 12.7. The largest absolute Gasteiger partial charge is 0.466 e. The Hall–Kier alpha value is -3.50. The van der Waals surface area contributed by atoms with Gasteiger partial charge in [-0.2, -0.15) is 4.98 Å². The van der Waals surface area contributed by atoms with Crippen LogP contribution < -0.4 is 16.0 Å². The molecule has 11 heteroatoms. The topological polar surface area (TPSA) is 150 Å². The number of aryl methyl sites for hydroxylation is 1. The second-order valence-corrected chi connectivity index (χ2v) is 8.04. The number of oxime groups is 1. The lowest BCUT2D eigenvalue weighted by atomic mass is 9.80. The lowest BCUT2D eigenvalue weighted by molar-refractivity contribution is -0.152. The standard InChI is InChI=1S/C23H29N3O8/c1-4-7-8-13-12-17(27)33-20-18(13)19(28)24-23(25-20)34-26-16-10-14(21(29)31-5-2)9-15(11-16)22(30)32-6-3/h12,14-15H,4-11H2,1-3H3,(H,24,25,28)/t14-,15+. The van der Waals surface area contributed by atoms with Crippen molar-refractivity contribution in [3.05, 3.63) is 32.4 Å². The Kier molecular flexibility index (Phi) is 8.55.